The average Bonchev–Trinajstić information content (AvgIpc) is 2.82. The molecule has 1 heterocycles. The van der Waals surface area contributed by atoms with Gasteiger partial charge in [-0.15, -0.1) is 0 Å². The van der Waals surface area contributed by atoms with Gasteiger partial charge in [0.25, 0.3) is 0 Å². The molecule has 1 aliphatic carbocycles. The molecule has 0 aromatic heterocycles. The first-order valence-electron chi connectivity index (χ1n) is 6.36. The minimum absolute atomic E-state index is 0.0898. The molecule has 4 nitrogen and oxygen atoms in total. The summed E-state index contributed by atoms with van der Waals surface area (Å²) in [6.07, 6.45) is 4.06. The maximum Gasteiger partial charge on any atom is 0.234 e. The van der Waals surface area contributed by atoms with Crippen LogP contribution in [0.3, 0.4) is 0 Å². The van der Waals surface area contributed by atoms with Crippen molar-refractivity contribution < 1.29 is 14.3 Å². The van der Waals surface area contributed by atoms with Gasteiger partial charge in [0.1, 0.15) is 18.1 Å². The maximum absolute atomic E-state index is 12.4. The van der Waals surface area contributed by atoms with Crippen LogP contribution in [-0.2, 0) is 4.79 Å². The Labute approximate surface area is 106 Å². The number of methoxy groups -OCH3 is 1. The van der Waals surface area contributed by atoms with Gasteiger partial charge in [-0.3, -0.25) is 4.79 Å². The van der Waals surface area contributed by atoms with Gasteiger partial charge in [-0.05, 0) is 25.0 Å². The van der Waals surface area contributed by atoms with Gasteiger partial charge >= 0.3 is 0 Å². The summed E-state index contributed by atoms with van der Waals surface area (Å²) in [4.78, 5) is 12.4. The second-order valence-electron chi connectivity index (χ2n) is 5.09. The van der Waals surface area contributed by atoms with Gasteiger partial charge in [-0.25, -0.2) is 0 Å². The standard InChI is InChI=1S/C14H17NO3/c1-17-10-4-5-12-11(8-10)15-13(16)14(9-18-12)6-2-3-7-14/h4-5,8H,2-3,6-7,9H2,1H3,(H,15,16). The predicted octanol–water partition coefficient (Wildman–Crippen LogP) is 2.59. The molecule has 0 unspecified atom stereocenters. The molecule has 4 heteroatoms. The monoisotopic (exact) mass is 247 g/mol. The molecular weight excluding hydrogens is 230 g/mol. The van der Waals surface area contributed by atoms with Crippen LogP contribution in [0.25, 0.3) is 0 Å². The van der Waals surface area contributed by atoms with Crippen LogP contribution >= 0.6 is 0 Å². The number of hydrogen-bond donors (Lipinski definition) is 1. The van der Waals surface area contributed by atoms with E-state index in [0.29, 0.717) is 12.3 Å². The van der Waals surface area contributed by atoms with E-state index in [-0.39, 0.29) is 11.3 Å². The van der Waals surface area contributed by atoms with E-state index in [2.05, 4.69) is 5.32 Å². The Morgan fingerprint density at radius 1 is 1.33 bits per heavy atom. The molecule has 1 N–H and O–H groups in total. The molecule has 1 saturated carbocycles. The Morgan fingerprint density at radius 2 is 2.11 bits per heavy atom. The minimum Gasteiger partial charge on any atom is -0.497 e. The topological polar surface area (TPSA) is 47.6 Å². The Balaban J connectivity index is 1.93. The van der Waals surface area contributed by atoms with E-state index in [1.165, 1.54) is 0 Å². The molecule has 0 radical (unpaired) electrons. The van der Waals surface area contributed by atoms with Crippen molar-refractivity contribution in [2.24, 2.45) is 5.41 Å². The second kappa shape index (κ2) is 4.19. The van der Waals surface area contributed by atoms with Crippen LogP contribution < -0.4 is 14.8 Å². The fourth-order valence-electron chi connectivity index (χ4n) is 2.82. The van der Waals surface area contributed by atoms with Gasteiger partial charge in [-0.2, -0.15) is 0 Å². The van der Waals surface area contributed by atoms with Gasteiger partial charge in [-0.1, -0.05) is 12.8 Å². The zero-order valence-electron chi connectivity index (χ0n) is 10.5. The lowest BCUT2D eigenvalue weighted by Gasteiger charge is -2.23. The molecule has 0 atom stereocenters. The number of rotatable bonds is 1. The van der Waals surface area contributed by atoms with Gasteiger partial charge in [0.15, 0.2) is 0 Å². The van der Waals surface area contributed by atoms with Crippen molar-refractivity contribution in [3.8, 4) is 11.5 Å². The molecule has 1 spiro atoms. The van der Waals surface area contributed by atoms with Crippen molar-refractivity contribution in [3.05, 3.63) is 18.2 Å². The highest BCUT2D eigenvalue weighted by atomic mass is 16.5. The van der Waals surface area contributed by atoms with E-state index < -0.39 is 0 Å². The molecule has 1 aromatic rings. The fraction of sp³-hybridized carbons (Fsp3) is 0.500. The highest BCUT2D eigenvalue weighted by Gasteiger charge is 2.43. The number of anilines is 1. The Kier molecular flexibility index (Phi) is 2.65. The van der Waals surface area contributed by atoms with Crippen molar-refractivity contribution in [2.45, 2.75) is 25.7 Å². The van der Waals surface area contributed by atoms with Gasteiger partial charge in [0.05, 0.1) is 18.2 Å². The molecule has 1 aromatic carbocycles. The molecule has 1 amide bonds. The normalized spacial score (nSPS) is 20.8. The quantitative estimate of drug-likeness (QED) is 0.829. The minimum atomic E-state index is -0.327. The van der Waals surface area contributed by atoms with Gasteiger partial charge in [0.2, 0.25) is 5.91 Å². The van der Waals surface area contributed by atoms with Crippen LogP contribution in [0, 0.1) is 5.41 Å². The SMILES string of the molecule is COc1ccc2c(c1)NC(=O)C1(CCCC1)CO2. The fourth-order valence-corrected chi connectivity index (χ4v) is 2.82. The zero-order valence-corrected chi connectivity index (χ0v) is 10.5. The first-order valence-corrected chi connectivity index (χ1v) is 6.36. The van der Waals surface area contributed by atoms with Crippen molar-refractivity contribution >= 4 is 11.6 Å². The number of carbonyl (C=O) groups is 1. The zero-order chi connectivity index (χ0) is 12.6. The van der Waals surface area contributed by atoms with E-state index in [1.807, 2.05) is 12.1 Å². The third-order valence-corrected chi connectivity index (χ3v) is 3.98. The summed E-state index contributed by atoms with van der Waals surface area (Å²) < 4.78 is 11.0. The number of fused-ring (bicyclic) bond motifs is 1. The molecule has 1 aliphatic heterocycles. The summed E-state index contributed by atoms with van der Waals surface area (Å²) >= 11 is 0. The van der Waals surface area contributed by atoms with Gasteiger partial charge < -0.3 is 14.8 Å². The van der Waals surface area contributed by atoms with Crippen LogP contribution in [-0.4, -0.2) is 19.6 Å². The van der Waals surface area contributed by atoms with Crippen LogP contribution in [0.5, 0.6) is 11.5 Å². The number of nitrogens with one attached hydrogen (secondary N) is 1. The van der Waals surface area contributed by atoms with Crippen LogP contribution in [0.2, 0.25) is 0 Å². The number of carbonyl (C=O) groups excluding carboxylic acids is 1. The average molecular weight is 247 g/mol. The summed E-state index contributed by atoms with van der Waals surface area (Å²) in [5.74, 6) is 1.54. The summed E-state index contributed by atoms with van der Waals surface area (Å²) in [6, 6.07) is 5.50. The van der Waals surface area contributed by atoms with Crippen molar-refractivity contribution in [1.29, 1.82) is 0 Å². The third kappa shape index (κ3) is 1.72. The van der Waals surface area contributed by atoms with E-state index in [9.17, 15) is 4.79 Å². The van der Waals surface area contributed by atoms with E-state index in [4.69, 9.17) is 9.47 Å². The maximum atomic E-state index is 12.4. The summed E-state index contributed by atoms with van der Waals surface area (Å²) in [7, 11) is 1.61. The van der Waals surface area contributed by atoms with E-state index >= 15 is 0 Å². The lowest BCUT2D eigenvalue weighted by atomic mass is 9.86. The highest BCUT2D eigenvalue weighted by Crippen LogP contribution is 2.43. The molecule has 2 aliphatic rings. The van der Waals surface area contributed by atoms with Crippen molar-refractivity contribution in [1.82, 2.24) is 0 Å². The van der Waals surface area contributed by atoms with Crippen molar-refractivity contribution in [3.63, 3.8) is 0 Å². The molecular formula is C14H17NO3. The highest BCUT2D eigenvalue weighted by molar-refractivity contribution is 5.97. The Morgan fingerprint density at radius 3 is 2.83 bits per heavy atom. The van der Waals surface area contributed by atoms with E-state index in [1.54, 1.807) is 13.2 Å². The Bertz CT molecular complexity index is 478. The summed E-state index contributed by atoms with van der Waals surface area (Å²) in [6.45, 7) is 0.484. The molecule has 0 saturated heterocycles. The molecule has 96 valence electrons. The molecule has 3 rings (SSSR count). The lowest BCUT2D eigenvalue weighted by Crippen LogP contribution is -2.37. The smallest absolute Gasteiger partial charge is 0.234 e. The number of benzene rings is 1. The first kappa shape index (κ1) is 11.4. The van der Waals surface area contributed by atoms with Crippen LogP contribution in [0.4, 0.5) is 5.69 Å². The van der Waals surface area contributed by atoms with Crippen LogP contribution in [0.1, 0.15) is 25.7 Å². The summed E-state index contributed by atoms with van der Waals surface area (Å²) in [5, 5.41) is 2.99. The second-order valence-corrected chi connectivity index (χ2v) is 5.09. The third-order valence-electron chi connectivity index (χ3n) is 3.98. The Hall–Kier alpha value is -1.71. The molecule has 0 bridgehead atoms. The summed E-state index contributed by atoms with van der Waals surface area (Å²) in [5.41, 5.74) is 0.384. The van der Waals surface area contributed by atoms with Crippen LogP contribution in [0.15, 0.2) is 18.2 Å². The number of hydrogen-bond acceptors (Lipinski definition) is 3. The first-order chi connectivity index (χ1) is 8.73. The van der Waals surface area contributed by atoms with Crippen molar-refractivity contribution in [2.75, 3.05) is 19.0 Å². The number of amides is 1. The lowest BCUT2D eigenvalue weighted by molar-refractivity contribution is -0.126. The largest absolute Gasteiger partial charge is 0.497 e. The number of ether oxygens (including phenoxy) is 2. The van der Waals surface area contributed by atoms with Gasteiger partial charge in [0, 0.05) is 6.07 Å². The molecule has 1 fully saturated rings. The van der Waals surface area contributed by atoms with E-state index in [0.717, 1.165) is 37.2 Å². The molecule has 18 heavy (non-hydrogen) atoms. The predicted molar refractivity (Wildman–Crippen MR) is 68.0 cm³/mol.